The maximum absolute atomic E-state index is 8.62. The first kappa shape index (κ1) is 11.6. The minimum absolute atomic E-state index is 0.0354. The largest absolute Gasteiger partial charge is 0.460 e. The number of nitrogens with two attached hydrogens (primary N) is 1. The van der Waals surface area contributed by atoms with Crippen LogP contribution in [0.1, 0.15) is 37.1 Å². The number of ether oxygens (including phenoxy) is 1. The molecule has 3 N–H and O–H groups in total. The highest BCUT2D eigenvalue weighted by Crippen LogP contribution is 2.22. The zero-order valence-electron chi connectivity index (χ0n) is 9.76. The second-order valence-corrected chi connectivity index (χ2v) is 4.19. The Kier molecular flexibility index (Phi) is 3.41. The monoisotopic (exact) mass is 236 g/mol. The number of aromatic nitrogens is 2. The van der Waals surface area contributed by atoms with Gasteiger partial charge >= 0.3 is 6.01 Å². The summed E-state index contributed by atoms with van der Waals surface area (Å²) in [5.74, 6) is -0.0354. The Morgan fingerprint density at radius 3 is 2.82 bits per heavy atom. The zero-order chi connectivity index (χ0) is 12.3. The van der Waals surface area contributed by atoms with Crippen molar-refractivity contribution in [2.75, 3.05) is 0 Å². The minimum Gasteiger partial charge on any atom is -0.460 e. The normalized spacial score (nSPS) is 17.4. The van der Waals surface area contributed by atoms with E-state index < -0.39 is 0 Å². The quantitative estimate of drug-likeness (QED) is 0.356. The average Bonchev–Trinajstić information content (AvgIpc) is 2.80. The van der Waals surface area contributed by atoms with Gasteiger partial charge < -0.3 is 15.7 Å². The summed E-state index contributed by atoms with van der Waals surface area (Å²) >= 11 is 0. The van der Waals surface area contributed by atoms with Gasteiger partial charge in [0.15, 0.2) is 5.84 Å². The molecule has 1 heterocycles. The number of amidine groups is 1. The lowest BCUT2D eigenvalue weighted by Gasteiger charge is -2.12. The minimum atomic E-state index is -0.0354. The summed E-state index contributed by atoms with van der Waals surface area (Å²) in [5.41, 5.74) is 6.61. The third-order valence-corrected chi connectivity index (χ3v) is 2.78. The molecule has 1 aromatic heterocycles. The molecule has 0 unspecified atom stereocenters. The van der Waals surface area contributed by atoms with Crippen LogP contribution in [0.4, 0.5) is 0 Å². The van der Waals surface area contributed by atoms with Crippen molar-refractivity contribution in [3.63, 3.8) is 0 Å². The average molecular weight is 236 g/mol. The molecule has 0 bridgehead atoms. The molecular weight excluding hydrogens is 220 g/mol. The summed E-state index contributed by atoms with van der Waals surface area (Å²) in [5, 5.41) is 11.5. The Morgan fingerprint density at radius 2 is 2.18 bits per heavy atom. The summed E-state index contributed by atoms with van der Waals surface area (Å²) in [7, 11) is 0. The standard InChI is InChI=1S/C11H16N4O2/c1-7-6-9(10(12)15-16)14-11(13-7)17-8-4-2-3-5-8/h6,8,16H,2-5H2,1H3,(H2,12,15). The lowest BCUT2D eigenvalue weighted by molar-refractivity contribution is 0.191. The van der Waals surface area contributed by atoms with E-state index in [2.05, 4.69) is 15.1 Å². The lowest BCUT2D eigenvalue weighted by Crippen LogP contribution is -2.18. The van der Waals surface area contributed by atoms with Gasteiger partial charge in [-0.2, -0.15) is 4.98 Å². The SMILES string of the molecule is Cc1cc(/C(N)=N/O)nc(OC2CCCC2)n1. The summed E-state index contributed by atoms with van der Waals surface area (Å²) < 4.78 is 5.68. The van der Waals surface area contributed by atoms with E-state index in [0.29, 0.717) is 11.7 Å². The molecule has 1 fully saturated rings. The van der Waals surface area contributed by atoms with Crippen LogP contribution in [0, 0.1) is 6.92 Å². The number of nitrogens with zero attached hydrogens (tertiary/aromatic N) is 3. The molecule has 1 aromatic rings. The van der Waals surface area contributed by atoms with Gasteiger partial charge in [-0.15, -0.1) is 0 Å². The first-order valence-electron chi connectivity index (χ1n) is 5.69. The van der Waals surface area contributed by atoms with Crippen LogP contribution in [0.2, 0.25) is 0 Å². The Labute approximate surface area is 99.5 Å². The first-order valence-corrected chi connectivity index (χ1v) is 5.69. The van der Waals surface area contributed by atoms with Crippen LogP contribution in [0.5, 0.6) is 6.01 Å². The number of aryl methyl sites for hydroxylation is 1. The highest BCUT2D eigenvalue weighted by molar-refractivity contribution is 5.95. The van der Waals surface area contributed by atoms with E-state index in [4.69, 9.17) is 15.7 Å². The maximum Gasteiger partial charge on any atom is 0.317 e. The van der Waals surface area contributed by atoms with Gasteiger partial charge in [0.1, 0.15) is 11.8 Å². The molecule has 0 radical (unpaired) electrons. The van der Waals surface area contributed by atoms with Gasteiger partial charge in [0.05, 0.1) is 0 Å². The number of rotatable bonds is 3. The molecule has 1 aliphatic rings. The van der Waals surface area contributed by atoms with Crippen molar-refractivity contribution in [2.45, 2.75) is 38.7 Å². The van der Waals surface area contributed by atoms with E-state index in [1.54, 1.807) is 6.07 Å². The Bertz CT molecular complexity index is 427. The molecule has 2 rings (SSSR count). The molecule has 0 spiro atoms. The molecule has 0 aliphatic heterocycles. The molecule has 0 saturated heterocycles. The topological polar surface area (TPSA) is 93.6 Å². The molecule has 1 saturated carbocycles. The number of hydrogen-bond acceptors (Lipinski definition) is 5. The highest BCUT2D eigenvalue weighted by Gasteiger charge is 2.18. The van der Waals surface area contributed by atoms with Crippen molar-refractivity contribution >= 4 is 5.84 Å². The van der Waals surface area contributed by atoms with Gasteiger partial charge in [0.2, 0.25) is 0 Å². The van der Waals surface area contributed by atoms with Crippen molar-refractivity contribution in [2.24, 2.45) is 10.9 Å². The van der Waals surface area contributed by atoms with E-state index in [1.807, 2.05) is 6.92 Å². The second kappa shape index (κ2) is 4.99. The molecule has 6 heteroatoms. The summed E-state index contributed by atoms with van der Waals surface area (Å²) in [4.78, 5) is 8.31. The van der Waals surface area contributed by atoms with Crippen LogP contribution in [0.3, 0.4) is 0 Å². The molecule has 92 valence electrons. The highest BCUT2D eigenvalue weighted by atomic mass is 16.5. The fraction of sp³-hybridized carbons (Fsp3) is 0.545. The Balaban J connectivity index is 2.18. The number of oxime groups is 1. The van der Waals surface area contributed by atoms with E-state index in [9.17, 15) is 0 Å². The molecule has 0 atom stereocenters. The second-order valence-electron chi connectivity index (χ2n) is 4.19. The fourth-order valence-corrected chi connectivity index (χ4v) is 1.93. The summed E-state index contributed by atoms with van der Waals surface area (Å²) in [6.45, 7) is 1.82. The van der Waals surface area contributed by atoms with Crippen LogP contribution in [-0.2, 0) is 0 Å². The van der Waals surface area contributed by atoms with E-state index >= 15 is 0 Å². The first-order chi connectivity index (χ1) is 8.19. The van der Waals surface area contributed by atoms with Crippen LogP contribution in [-0.4, -0.2) is 27.1 Å². The molecular formula is C11H16N4O2. The smallest absolute Gasteiger partial charge is 0.317 e. The van der Waals surface area contributed by atoms with Gasteiger partial charge in [0, 0.05) is 5.69 Å². The van der Waals surface area contributed by atoms with Gasteiger partial charge in [-0.25, -0.2) is 4.98 Å². The van der Waals surface area contributed by atoms with Gasteiger partial charge in [-0.1, -0.05) is 5.16 Å². The molecule has 6 nitrogen and oxygen atoms in total. The van der Waals surface area contributed by atoms with Gasteiger partial charge in [0.25, 0.3) is 0 Å². The molecule has 1 aliphatic carbocycles. The zero-order valence-corrected chi connectivity index (χ0v) is 9.76. The Hall–Kier alpha value is -1.85. The number of hydrogen-bond donors (Lipinski definition) is 2. The lowest BCUT2D eigenvalue weighted by atomic mass is 10.3. The third-order valence-electron chi connectivity index (χ3n) is 2.78. The van der Waals surface area contributed by atoms with Crippen molar-refractivity contribution in [1.82, 2.24) is 9.97 Å². The van der Waals surface area contributed by atoms with Crippen molar-refractivity contribution in [1.29, 1.82) is 0 Å². The summed E-state index contributed by atoms with van der Waals surface area (Å²) in [6, 6.07) is 1.95. The van der Waals surface area contributed by atoms with Gasteiger partial charge in [-0.05, 0) is 38.7 Å². The molecule has 17 heavy (non-hydrogen) atoms. The molecule has 0 aromatic carbocycles. The van der Waals surface area contributed by atoms with Crippen LogP contribution >= 0.6 is 0 Å². The van der Waals surface area contributed by atoms with E-state index in [-0.39, 0.29) is 11.9 Å². The molecule has 0 amide bonds. The Morgan fingerprint density at radius 1 is 1.47 bits per heavy atom. The van der Waals surface area contributed by atoms with Gasteiger partial charge in [-0.3, -0.25) is 0 Å². The fourth-order valence-electron chi connectivity index (χ4n) is 1.93. The predicted octanol–water partition coefficient (Wildman–Crippen LogP) is 1.20. The van der Waals surface area contributed by atoms with Crippen LogP contribution in [0.15, 0.2) is 11.2 Å². The summed E-state index contributed by atoms with van der Waals surface area (Å²) in [6.07, 6.45) is 4.64. The van der Waals surface area contributed by atoms with Crippen molar-refractivity contribution in [3.05, 3.63) is 17.5 Å². The van der Waals surface area contributed by atoms with Crippen molar-refractivity contribution < 1.29 is 9.94 Å². The van der Waals surface area contributed by atoms with Crippen LogP contribution in [0.25, 0.3) is 0 Å². The predicted molar refractivity (Wildman–Crippen MR) is 62.2 cm³/mol. The van der Waals surface area contributed by atoms with Crippen LogP contribution < -0.4 is 10.5 Å². The van der Waals surface area contributed by atoms with E-state index in [0.717, 1.165) is 18.5 Å². The van der Waals surface area contributed by atoms with E-state index in [1.165, 1.54) is 12.8 Å². The van der Waals surface area contributed by atoms with Crippen molar-refractivity contribution in [3.8, 4) is 6.01 Å². The third kappa shape index (κ3) is 2.83. The maximum atomic E-state index is 8.62.